The van der Waals surface area contributed by atoms with Crippen LogP contribution in [0.4, 0.5) is 0 Å². The zero-order valence-electron chi connectivity index (χ0n) is 11.4. The van der Waals surface area contributed by atoms with Crippen LogP contribution in [0.2, 0.25) is 0 Å². The maximum atomic E-state index is 12.0. The summed E-state index contributed by atoms with van der Waals surface area (Å²) >= 11 is 0. The summed E-state index contributed by atoms with van der Waals surface area (Å²) in [7, 11) is -3.29. The van der Waals surface area contributed by atoms with Crippen LogP contribution in [0.3, 0.4) is 0 Å². The summed E-state index contributed by atoms with van der Waals surface area (Å²) in [6.45, 7) is 3.16. The van der Waals surface area contributed by atoms with E-state index in [1.807, 2.05) is 23.1 Å². The third-order valence-electron chi connectivity index (χ3n) is 3.25. The minimum absolute atomic E-state index is 0.0198. The van der Waals surface area contributed by atoms with Gasteiger partial charge in [0, 0.05) is 19.6 Å². The van der Waals surface area contributed by atoms with Crippen molar-refractivity contribution in [1.29, 1.82) is 0 Å². The van der Waals surface area contributed by atoms with Crippen LogP contribution in [0.15, 0.2) is 30.3 Å². The van der Waals surface area contributed by atoms with Gasteiger partial charge >= 0.3 is 0 Å². The lowest BCUT2D eigenvalue weighted by atomic mass is 10.2. The first-order chi connectivity index (χ1) is 9.55. The summed E-state index contributed by atoms with van der Waals surface area (Å²) in [4.78, 5) is 2.03. The van der Waals surface area contributed by atoms with Gasteiger partial charge < -0.3 is 9.84 Å². The molecule has 1 aliphatic heterocycles. The molecule has 1 atom stereocenters. The highest BCUT2D eigenvalue weighted by molar-refractivity contribution is 7.90. The Balaban J connectivity index is 1.84. The van der Waals surface area contributed by atoms with E-state index >= 15 is 0 Å². The molecule has 20 heavy (non-hydrogen) atoms. The van der Waals surface area contributed by atoms with Crippen LogP contribution < -0.4 is 0 Å². The van der Waals surface area contributed by atoms with Crippen LogP contribution in [0.25, 0.3) is 0 Å². The number of benzene rings is 1. The summed E-state index contributed by atoms with van der Waals surface area (Å²) in [6.07, 6.45) is -0.846. The number of hydrogen-bond donors (Lipinski definition) is 1. The second-order valence-electron chi connectivity index (χ2n) is 5.11. The first-order valence-electron chi connectivity index (χ1n) is 6.78. The maximum absolute atomic E-state index is 12.0. The van der Waals surface area contributed by atoms with Gasteiger partial charge in [-0.05, 0) is 5.56 Å². The summed E-state index contributed by atoms with van der Waals surface area (Å²) in [6, 6.07) is 9.05. The van der Waals surface area contributed by atoms with Crippen molar-refractivity contribution in [3.63, 3.8) is 0 Å². The highest BCUT2D eigenvalue weighted by Gasteiger charge is 2.21. The molecular formula is C14H21NO4S. The molecule has 1 aromatic carbocycles. The Morgan fingerprint density at radius 3 is 2.50 bits per heavy atom. The van der Waals surface area contributed by atoms with Crippen molar-refractivity contribution >= 4 is 9.84 Å². The molecule has 1 aromatic rings. The molecule has 112 valence electrons. The Hall–Kier alpha value is -0.950. The van der Waals surface area contributed by atoms with Gasteiger partial charge in [-0.2, -0.15) is 0 Å². The van der Waals surface area contributed by atoms with Gasteiger partial charge in [-0.1, -0.05) is 30.3 Å². The molecule has 0 saturated carbocycles. The average molecular weight is 299 g/mol. The Labute approximate surface area is 120 Å². The lowest BCUT2D eigenvalue weighted by Gasteiger charge is -2.28. The van der Waals surface area contributed by atoms with Crippen molar-refractivity contribution in [2.75, 3.05) is 38.6 Å². The highest BCUT2D eigenvalue weighted by Crippen LogP contribution is 2.08. The Kier molecular flexibility index (Phi) is 5.54. The van der Waals surface area contributed by atoms with E-state index in [0.717, 1.165) is 18.7 Å². The maximum Gasteiger partial charge on any atom is 0.157 e. The number of hydrogen-bond acceptors (Lipinski definition) is 5. The van der Waals surface area contributed by atoms with Crippen LogP contribution in [-0.2, 0) is 20.3 Å². The smallest absolute Gasteiger partial charge is 0.157 e. The summed E-state index contributed by atoms with van der Waals surface area (Å²) in [5, 5.41) is 9.95. The van der Waals surface area contributed by atoms with Gasteiger partial charge in [-0.3, -0.25) is 4.90 Å². The second kappa shape index (κ2) is 7.17. The second-order valence-corrected chi connectivity index (χ2v) is 7.22. The molecule has 2 rings (SSSR count). The van der Waals surface area contributed by atoms with E-state index in [9.17, 15) is 13.5 Å². The zero-order chi connectivity index (χ0) is 14.4. The highest BCUT2D eigenvalue weighted by atomic mass is 32.2. The van der Waals surface area contributed by atoms with E-state index < -0.39 is 15.9 Å². The number of β-amino-alcohol motifs (C(OH)–C–C–N with tert-alkyl or cyclic N) is 1. The van der Waals surface area contributed by atoms with Crippen molar-refractivity contribution in [1.82, 2.24) is 4.90 Å². The number of sulfone groups is 1. The molecule has 1 saturated heterocycles. The summed E-state index contributed by atoms with van der Waals surface area (Å²) in [5.41, 5.74) is 0.756. The molecule has 0 amide bonds. The lowest BCUT2D eigenvalue weighted by Crippen LogP contribution is -2.42. The molecule has 6 heteroatoms. The molecule has 1 N–H and O–H groups in total. The van der Waals surface area contributed by atoms with Gasteiger partial charge in [-0.25, -0.2) is 8.42 Å². The van der Waals surface area contributed by atoms with E-state index in [2.05, 4.69) is 0 Å². The first kappa shape index (κ1) is 15.4. The Bertz CT molecular complexity index is 497. The van der Waals surface area contributed by atoms with Crippen molar-refractivity contribution < 1.29 is 18.3 Å². The number of ether oxygens (including phenoxy) is 1. The molecule has 0 radical (unpaired) electrons. The Morgan fingerprint density at radius 1 is 1.20 bits per heavy atom. The van der Waals surface area contributed by atoms with Gasteiger partial charge in [0.1, 0.15) is 0 Å². The van der Waals surface area contributed by atoms with Crippen molar-refractivity contribution in [2.24, 2.45) is 0 Å². The minimum Gasteiger partial charge on any atom is -0.391 e. The first-order valence-corrected chi connectivity index (χ1v) is 8.60. The SMILES string of the molecule is O=S(=O)(Cc1ccccc1)C[C@H](O)CN1CCOCC1. The molecule has 0 aromatic heterocycles. The van der Waals surface area contributed by atoms with Crippen LogP contribution in [0.1, 0.15) is 5.56 Å². The summed E-state index contributed by atoms with van der Waals surface area (Å²) in [5.74, 6) is -0.215. The van der Waals surface area contributed by atoms with Crippen LogP contribution in [0.5, 0.6) is 0 Å². The molecule has 0 aliphatic carbocycles. The standard InChI is InChI=1S/C14H21NO4S/c16-14(10-15-6-8-19-9-7-15)12-20(17,18)11-13-4-2-1-3-5-13/h1-5,14,16H,6-12H2/t14-/m1/s1. The largest absolute Gasteiger partial charge is 0.391 e. The quantitative estimate of drug-likeness (QED) is 0.818. The third kappa shape index (κ3) is 5.20. The van der Waals surface area contributed by atoms with E-state index in [4.69, 9.17) is 4.74 Å². The molecular weight excluding hydrogens is 278 g/mol. The van der Waals surface area contributed by atoms with Gasteiger partial charge in [-0.15, -0.1) is 0 Å². The van der Waals surface area contributed by atoms with Crippen molar-refractivity contribution in [3.8, 4) is 0 Å². The Morgan fingerprint density at radius 2 is 1.85 bits per heavy atom. The number of aliphatic hydroxyl groups is 1. The van der Waals surface area contributed by atoms with E-state index in [-0.39, 0.29) is 11.5 Å². The molecule has 0 bridgehead atoms. The monoisotopic (exact) mass is 299 g/mol. The van der Waals surface area contributed by atoms with E-state index in [1.165, 1.54) is 0 Å². The predicted molar refractivity (Wildman–Crippen MR) is 77.2 cm³/mol. The minimum atomic E-state index is -3.29. The molecule has 0 spiro atoms. The number of nitrogens with zero attached hydrogens (tertiary/aromatic N) is 1. The molecule has 1 heterocycles. The van der Waals surface area contributed by atoms with Gasteiger partial charge in [0.2, 0.25) is 0 Å². The van der Waals surface area contributed by atoms with Crippen LogP contribution in [-0.4, -0.2) is 63.1 Å². The average Bonchev–Trinajstić information content (AvgIpc) is 2.39. The van der Waals surface area contributed by atoms with Crippen molar-refractivity contribution in [2.45, 2.75) is 11.9 Å². The third-order valence-corrected chi connectivity index (χ3v) is 4.91. The van der Waals surface area contributed by atoms with Crippen molar-refractivity contribution in [3.05, 3.63) is 35.9 Å². The topological polar surface area (TPSA) is 66.8 Å². The molecule has 1 fully saturated rings. The fraction of sp³-hybridized carbons (Fsp3) is 0.571. The number of aliphatic hydroxyl groups excluding tert-OH is 1. The molecule has 5 nitrogen and oxygen atoms in total. The fourth-order valence-corrected chi connectivity index (χ4v) is 3.82. The van der Waals surface area contributed by atoms with Crippen LogP contribution in [0, 0.1) is 0 Å². The zero-order valence-corrected chi connectivity index (χ0v) is 12.3. The van der Waals surface area contributed by atoms with Gasteiger partial charge in [0.25, 0.3) is 0 Å². The van der Waals surface area contributed by atoms with E-state index in [0.29, 0.717) is 19.8 Å². The lowest BCUT2D eigenvalue weighted by molar-refractivity contribution is 0.0186. The summed E-state index contributed by atoms with van der Waals surface area (Å²) < 4.78 is 29.3. The number of morpholine rings is 1. The van der Waals surface area contributed by atoms with Gasteiger partial charge in [0.15, 0.2) is 9.84 Å². The van der Waals surface area contributed by atoms with Crippen LogP contribution >= 0.6 is 0 Å². The predicted octanol–water partition coefficient (Wildman–Crippen LogP) is 0.294. The molecule has 0 unspecified atom stereocenters. The van der Waals surface area contributed by atoms with E-state index in [1.54, 1.807) is 12.1 Å². The fourth-order valence-electron chi connectivity index (χ4n) is 2.31. The normalized spacial score (nSPS) is 18.9. The molecule has 1 aliphatic rings. The number of rotatable bonds is 6. The van der Waals surface area contributed by atoms with Gasteiger partial charge in [0.05, 0.1) is 30.8 Å².